The second kappa shape index (κ2) is 7.13. The van der Waals surface area contributed by atoms with E-state index < -0.39 is 0 Å². The van der Waals surface area contributed by atoms with Crippen molar-refractivity contribution >= 4 is 29.7 Å². The van der Waals surface area contributed by atoms with E-state index in [9.17, 15) is 4.79 Å². The van der Waals surface area contributed by atoms with Crippen molar-refractivity contribution in [2.24, 2.45) is 0 Å². The van der Waals surface area contributed by atoms with Gasteiger partial charge >= 0.3 is 0 Å². The Labute approximate surface area is 117 Å². The van der Waals surface area contributed by atoms with E-state index in [0.29, 0.717) is 6.54 Å². The number of thiophene rings is 1. The molecule has 0 saturated heterocycles. The van der Waals surface area contributed by atoms with Crippen LogP contribution in [-0.2, 0) is 6.42 Å². The fraction of sp³-hybridized carbons (Fsp3) is 0.231. The van der Waals surface area contributed by atoms with E-state index in [0.717, 1.165) is 17.0 Å². The number of rotatable bonds is 4. The number of hydrogen-bond donors (Lipinski definition) is 0. The Balaban J connectivity index is 0.00000162. The van der Waals surface area contributed by atoms with Gasteiger partial charge in [-0.05, 0) is 23.6 Å². The minimum atomic E-state index is 0. The van der Waals surface area contributed by atoms with Gasteiger partial charge in [-0.25, -0.2) is 0 Å². The van der Waals surface area contributed by atoms with Gasteiger partial charge in [-0.3, -0.25) is 9.78 Å². The Morgan fingerprint density at radius 1 is 1.33 bits per heavy atom. The molecule has 2 aromatic heterocycles. The van der Waals surface area contributed by atoms with Gasteiger partial charge in [-0.2, -0.15) is 0 Å². The summed E-state index contributed by atoms with van der Waals surface area (Å²) in [6, 6.07) is 9.58. The SMILES string of the molecule is CN(CCc1ccccn1)C(=O)c1cccs1.Cl. The smallest absolute Gasteiger partial charge is 0.263 e. The van der Waals surface area contributed by atoms with Gasteiger partial charge in [0.1, 0.15) is 0 Å². The summed E-state index contributed by atoms with van der Waals surface area (Å²) in [7, 11) is 1.82. The van der Waals surface area contributed by atoms with Crippen molar-refractivity contribution in [2.75, 3.05) is 13.6 Å². The number of hydrogen-bond acceptors (Lipinski definition) is 3. The zero-order chi connectivity index (χ0) is 12.1. The van der Waals surface area contributed by atoms with E-state index in [1.807, 2.05) is 42.8 Å². The Bertz CT molecular complexity index is 473. The largest absolute Gasteiger partial charge is 0.341 e. The lowest BCUT2D eigenvalue weighted by atomic mass is 10.2. The number of carbonyl (C=O) groups is 1. The highest BCUT2D eigenvalue weighted by Gasteiger charge is 2.12. The topological polar surface area (TPSA) is 33.2 Å². The molecule has 1 amide bonds. The molecule has 0 bridgehead atoms. The Hall–Kier alpha value is -1.39. The summed E-state index contributed by atoms with van der Waals surface area (Å²) >= 11 is 1.47. The molecule has 96 valence electrons. The molecule has 0 N–H and O–H groups in total. The summed E-state index contributed by atoms with van der Waals surface area (Å²) in [5.41, 5.74) is 1.01. The lowest BCUT2D eigenvalue weighted by molar-refractivity contribution is 0.0801. The molecule has 0 fully saturated rings. The molecule has 2 heterocycles. The highest BCUT2D eigenvalue weighted by molar-refractivity contribution is 7.12. The fourth-order valence-electron chi connectivity index (χ4n) is 1.52. The zero-order valence-electron chi connectivity index (χ0n) is 10.1. The third-order valence-corrected chi connectivity index (χ3v) is 3.37. The maximum Gasteiger partial charge on any atom is 0.263 e. The molecule has 3 nitrogen and oxygen atoms in total. The van der Waals surface area contributed by atoms with Crippen LogP contribution in [0.1, 0.15) is 15.4 Å². The lowest BCUT2D eigenvalue weighted by Crippen LogP contribution is -2.28. The van der Waals surface area contributed by atoms with Crippen LogP contribution in [0.2, 0.25) is 0 Å². The molecule has 2 rings (SSSR count). The van der Waals surface area contributed by atoms with E-state index in [4.69, 9.17) is 0 Å². The van der Waals surface area contributed by atoms with Crippen molar-refractivity contribution < 1.29 is 4.79 Å². The normalized spacial score (nSPS) is 9.61. The highest BCUT2D eigenvalue weighted by atomic mass is 35.5. The first-order chi connectivity index (χ1) is 8.27. The first-order valence-electron chi connectivity index (χ1n) is 5.46. The molecule has 0 atom stereocenters. The van der Waals surface area contributed by atoms with Crippen LogP contribution in [0.25, 0.3) is 0 Å². The van der Waals surface area contributed by atoms with E-state index in [-0.39, 0.29) is 18.3 Å². The molecular formula is C13H15ClN2OS. The van der Waals surface area contributed by atoms with Crippen molar-refractivity contribution in [1.82, 2.24) is 9.88 Å². The summed E-state index contributed by atoms with van der Waals surface area (Å²) in [5.74, 6) is 0.0796. The van der Waals surface area contributed by atoms with Crippen LogP contribution in [0.3, 0.4) is 0 Å². The standard InChI is InChI=1S/C13H14N2OS.ClH/c1-15(13(16)12-6-4-10-17-12)9-7-11-5-2-3-8-14-11;/h2-6,8,10H,7,9H2,1H3;1H. The number of pyridine rings is 1. The van der Waals surface area contributed by atoms with Crippen molar-refractivity contribution in [3.8, 4) is 0 Å². The van der Waals surface area contributed by atoms with Gasteiger partial charge in [-0.1, -0.05) is 12.1 Å². The predicted octanol–water partition coefficient (Wildman–Crippen LogP) is 2.88. The molecule has 5 heteroatoms. The van der Waals surface area contributed by atoms with Crippen LogP contribution in [0.15, 0.2) is 41.9 Å². The van der Waals surface area contributed by atoms with E-state index in [1.165, 1.54) is 11.3 Å². The quantitative estimate of drug-likeness (QED) is 0.864. The number of amides is 1. The van der Waals surface area contributed by atoms with Crippen LogP contribution in [-0.4, -0.2) is 29.4 Å². The molecule has 0 spiro atoms. The summed E-state index contributed by atoms with van der Waals surface area (Å²) < 4.78 is 0. The van der Waals surface area contributed by atoms with E-state index in [2.05, 4.69) is 4.98 Å². The molecule has 0 unspecified atom stereocenters. The summed E-state index contributed by atoms with van der Waals surface area (Å²) in [6.07, 6.45) is 2.56. The highest BCUT2D eigenvalue weighted by Crippen LogP contribution is 2.11. The molecule has 18 heavy (non-hydrogen) atoms. The number of likely N-dealkylation sites (N-methyl/N-ethyl adjacent to an activating group) is 1. The molecule has 0 aliphatic rings. The third-order valence-electron chi connectivity index (χ3n) is 2.51. The first-order valence-corrected chi connectivity index (χ1v) is 6.34. The minimum Gasteiger partial charge on any atom is -0.341 e. The van der Waals surface area contributed by atoms with Gasteiger partial charge in [0.2, 0.25) is 0 Å². The van der Waals surface area contributed by atoms with Crippen LogP contribution in [0.4, 0.5) is 0 Å². The summed E-state index contributed by atoms with van der Waals surface area (Å²) in [4.78, 5) is 18.7. The second-order valence-corrected chi connectivity index (χ2v) is 4.72. The molecular weight excluding hydrogens is 268 g/mol. The van der Waals surface area contributed by atoms with Gasteiger partial charge in [0, 0.05) is 31.9 Å². The third kappa shape index (κ3) is 3.82. The molecule has 0 radical (unpaired) electrons. The van der Waals surface area contributed by atoms with E-state index >= 15 is 0 Å². The van der Waals surface area contributed by atoms with Crippen molar-refractivity contribution in [1.29, 1.82) is 0 Å². The first kappa shape index (κ1) is 14.7. The molecule has 0 aromatic carbocycles. The van der Waals surface area contributed by atoms with Gasteiger partial charge in [0.25, 0.3) is 5.91 Å². The van der Waals surface area contributed by atoms with Gasteiger partial charge < -0.3 is 4.90 Å². The Kier molecular flexibility index (Phi) is 5.82. The lowest BCUT2D eigenvalue weighted by Gasteiger charge is -2.15. The van der Waals surface area contributed by atoms with Crippen LogP contribution >= 0.6 is 23.7 Å². The number of carbonyl (C=O) groups excluding carboxylic acids is 1. The average molecular weight is 283 g/mol. The molecule has 2 aromatic rings. The van der Waals surface area contributed by atoms with Crippen LogP contribution in [0.5, 0.6) is 0 Å². The van der Waals surface area contributed by atoms with Crippen molar-refractivity contribution in [3.05, 3.63) is 52.5 Å². The predicted molar refractivity (Wildman–Crippen MR) is 76.5 cm³/mol. The number of aromatic nitrogens is 1. The van der Waals surface area contributed by atoms with E-state index in [1.54, 1.807) is 11.1 Å². The van der Waals surface area contributed by atoms with Gasteiger partial charge in [0.05, 0.1) is 4.88 Å². The van der Waals surface area contributed by atoms with Crippen molar-refractivity contribution in [2.45, 2.75) is 6.42 Å². The summed E-state index contributed by atoms with van der Waals surface area (Å²) in [6.45, 7) is 0.688. The molecule has 0 aliphatic carbocycles. The Morgan fingerprint density at radius 3 is 2.78 bits per heavy atom. The minimum absolute atomic E-state index is 0. The fourth-order valence-corrected chi connectivity index (χ4v) is 2.24. The molecule has 0 aliphatic heterocycles. The zero-order valence-corrected chi connectivity index (χ0v) is 11.7. The van der Waals surface area contributed by atoms with Crippen LogP contribution in [0, 0.1) is 0 Å². The Morgan fingerprint density at radius 2 is 2.17 bits per heavy atom. The average Bonchev–Trinajstić information content (AvgIpc) is 2.90. The monoisotopic (exact) mass is 282 g/mol. The maximum absolute atomic E-state index is 11.9. The number of halogens is 1. The number of nitrogens with zero attached hydrogens (tertiary/aromatic N) is 2. The maximum atomic E-state index is 11.9. The molecule has 0 saturated carbocycles. The van der Waals surface area contributed by atoms with Gasteiger partial charge in [0.15, 0.2) is 0 Å². The second-order valence-electron chi connectivity index (χ2n) is 3.78. The van der Waals surface area contributed by atoms with Crippen molar-refractivity contribution in [3.63, 3.8) is 0 Å². The summed E-state index contributed by atoms with van der Waals surface area (Å²) in [5, 5.41) is 1.92. The van der Waals surface area contributed by atoms with Crippen LogP contribution < -0.4 is 0 Å². The van der Waals surface area contributed by atoms with Gasteiger partial charge in [-0.15, -0.1) is 23.7 Å².